The summed E-state index contributed by atoms with van der Waals surface area (Å²) in [6.07, 6.45) is 9.41. The quantitative estimate of drug-likeness (QED) is 0.883. The van der Waals surface area contributed by atoms with E-state index >= 15 is 0 Å². The molecule has 18 heavy (non-hydrogen) atoms. The molecule has 4 nitrogen and oxygen atoms in total. The van der Waals surface area contributed by atoms with E-state index in [1.54, 1.807) is 4.68 Å². The van der Waals surface area contributed by atoms with Crippen LogP contribution in [0.2, 0.25) is 0 Å². The Labute approximate surface area is 108 Å². The molecule has 3 aliphatic carbocycles. The fraction of sp³-hybridized carbons (Fsp3) is 0.857. The van der Waals surface area contributed by atoms with E-state index in [-0.39, 0.29) is 0 Å². The highest BCUT2D eigenvalue weighted by Gasteiger charge is 2.53. The zero-order valence-electron chi connectivity index (χ0n) is 11.0. The molecule has 0 amide bonds. The van der Waals surface area contributed by atoms with Gasteiger partial charge in [0.05, 0.1) is 5.69 Å². The first-order valence-corrected chi connectivity index (χ1v) is 7.40. The van der Waals surface area contributed by atoms with Crippen molar-refractivity contribution < 1.29 is 0 Å². The van der Waals surface area contributed by atoms with Crippen molar-refractivity contribution in [3.63, 3.8) is 0 Å². The third-order valence-electron chi connectivity index (χ3n) is 5.62. The summed E-state index contributed by atoms with van der Waals surface area (Å²) in [6.45, 7) is 0.888. The van der Waals surface area contributed by atoms with Gasteiger partial charge >= 0.3 is 0 Å². The predicted molar refractivity (Wildman–Crippen MR) is 68.7 cm³/mol. The summed E-state index contributed by atoms with van der Waals surface area (Å²) < 4.78 is 1.78. The minimum absolute atomic E-state index is 0.747. The Hall–Kier alpha value is -0.900. The van der Waals surface area contributed by atoms with Gasteiger partial charge in [-0.3, -0.25) is 4.68 Å². The van der Waals surface area contributed by atoms with E-state index in [9.17, 15) is 0 Å². The van der Waals surface area contributed by atoms with Gasteiger partial charge in [-0.15, -0.1) is 5.10 Å². The van der Waals surface area contributed by atoms with Gasteiger partial charge in [-0.05, 0) is 49.4 Å². The van der Waals surface area contributed by atoms with Gasteiger partial charge in [-0.1, -0.05) is 11.6 Å². The molecule has 3 saturated carbocycles. The average Bonchev–Trinajstić information content (AvgIpc) is 3.08. The molecule has 1 aromatic heterocycles. The monoisotopic (exact) mass is 246 g/mol. The van der Waals surface area contributed by atoms with Crippen molar-refractivity contribution in [2.75, 3.05) is 0 Å². The van der Waals surface area contributed by atoms with Gasteiger partial charge in [-0.25, -0.2) is 0 Å². The molecule has 4 heteroatoms. The van der Waals surface area contributed by atoms with E-state index in [2.05, 4.69) is 15.6 Å². The largest absolute Gasteiger partial charge is 0.308 e. The molecule has 1 aromatic rings. The molecular weight excluding hydrogens is 224 g/mol. The van der Waals surface area contributed by atoms with Crippen molar-refractivity contribution in [2.24, 2.45) is 30.7 Å². The molecule has 1 heterocycles. The smallest absolute Gasteiger partial charge is 0.0964 e. The second-order valence-electron chi connectivity index (χ2n) is 6.52. The lowest BCUT2D eigenvalue weighted by molar-refractivity contribution is 0.207. The summed E-state index contributed by atoms with van der Waals surface area (Å²) in [5, 5.41) is 11.9. The minimum atomic E-state index is 0.747. The Morgan fingerprint density at radius 1 is 1.28 bits per heavy atom. The standard InChI is InChI=1S/C14H22N4/c1-18-8-10(16-17-18)7-15-14-6-9-5-13(14)12-4-2-3-11(9)12/h8-9,11-15H,2-7H2,1H3. The van der Waals surface area contributed by atoms with Crippen LogP contribution in [-0.2, 0) is 13.6 Å². The molecule has 5 atom stereocenters. The van der Waals surface area contributed by atoms with Crippen LogP contribution in [0.5, 0.6) is 0 Å². The summed E-state index contributed by atoms with van der Waals surface area (Å²) in [4.78, 5) is 0. The van der Waals surface area contributed by atoms with Crippen LogP contribution in [0.4, 0.5) is 0 Å². The molecular formula is C14H22N4. The van der Waals surface area contributed by atoms with Crippen LogP contribution >= 0.6 is 0 Å². The molecule has 3 aliphatic rings. The first-order valence-electron chi connectivity index (χ1n) is 7.40. The minimum Gasteiger partial charge on any atom is -0.308 e. The van der Waals surface area contributed by atoms with Gasteiger partial charge in [0.15, 0.2) is 0 Å². The summed E-state index contributed by atoms with van der Waals surface area (Å²) in [5.41, 5.74) is 1.07. The normalized spacial score (nSPS) is 41.5. The van der Waals surface area contributed by atoms with Gasteiger partial charge in [0, 0.05) is 25.8 Å². The van der Waals surface area contributed by atoms with Crippen molar-refractivity contribution in [3.05, 3.63) is 11.9 Å². The van der Waals surface area contributed by atoms with Crippen molar-refractivity contribution >= 4 is 0 Å². The second kappa shape index (κ2) is 4.05. The van der Waals surface area contributed by atoms with Crippen LogP contribution in [0.3, 0.4) is 0 Å². The number of aryl methyl sites for hydroxylation is 1. The van der Waals surface area contributed by atoms with Crippen molar-refractivity contribution in [1.82, 2.24) is 20.3 Å². The molecule has 3 fully saturated rings. The Bertz CT molecular complexity index is 441. The lowest BCUT2D eigenvalue weighted by atomic mass is 9.79. The molecule has 4 rings (SSSR count). The molecule has 0 aromatic carbocycles. The van der Waals surface area contributed by atoms with E-state index in [1.165, 1.54) is 32.1 Å². The summed E-state index contributed by atoms with van der Waals surface area (Å²) in [7, 11) is 1.93. The summed E-state index contributed by atoms with van der Waals surface area (Å²) >= 11 is 0. The predicted octanol–water partition coefficient (Wildman–Crippen LogP) is 1.73. The van der Waals surface area contributed by atoms with E-state index in [4.69, 9.17) is 0 Å². The van der Waals surface area contributed by atoms with E-state index in [0.717, 1.165) is 42.0 Å². The fourth-order valence-electron chi connectivity index (χ4n) is 5.01. The van der Waals surface area contributed by atoms with E-state index < -0.39 is 0 Å². The molecule has 1 N–H and O–H groups in total. The molecule has 5 unspecified atom stereocenters. The average molecular weight is 246 g/mol. The molecule has 0 spiro atoms. The number of nitrogens with zero attached hydrogens (tertiary/aromatic N) is 3. The summed E-state index contributed by atoms with van der Waals surface area (Å²) in [5.74, 6) is 4.12. The topological polar surface area (TPSA) is 42.7 Å². The third kappa shape index (κ3) is 1.62. The number of hydrogen-bond donors (Lipinski definition) is 1. The van der Waals surface area contributed by atoms with E-state index in [0.29, 0.717) is 0 Å². The maximum Gasteiger partial charge on any atom is 0.0964 e. The Morgan fingerprint density at radius 3 is 3.00 bits per heavy atom. The molecule has 0 radical (unpaired) electrons. The lowest BCUT2D eigenvalue weighted by Gasteiger charge is -2.32. The molecule has 2 bridgehead atoms. The van der Waals surface area contributed by atoms with Crippen LogP contribution < -0.4 is 5.32 Å². The Morgan fingerprint density at radius 2 is 2.17 bits per heavy atom. The third-order valence-corrected chi connectivity index (χ3v) is 5.62. The lowest BCUT2D eigenvalue weighted by Crippen LogP contribution is -2.38. The van der Waals surface area contributed by atoms with Gasteiger partial charge in [-0.2, -0.15) is 0 Å². The van der Waals surface area contributed by atoms with E-state index in [1.807, 2.05) is 13.2 Å². The molecule has 0 saturated heterocycles. The van der Waals surface area contributed by atoms with Gasteiger partial charge in [0.25, 0.3) is 0 Å². The number of hydrogen-bond acceptors (Lipinski definition) is 3. The SMILES string of the molecule is Cn1cc(CNC2CC3CC2C2CCCC32)nn1. The van der Waals surface area contributed by atoms with Crippen molar-refractivity contribution in [2.45, 2.75) is 44.7 Å². The maximum absolute atomic E-state index is 4.16. The van der Waals surface area contributed by atoms with Crippen LogP contribution in [0.25, 0.3) is 0 Å². The van der Waals surface area contributed by atoms with Crippen molar-refractivity contribution in [3.8, 4) is 0 Å². The highest BCUT2D eigenvalue weighted by Crippen LogP contribution is 2.58. The zero-order chi connectivity index (χ0) is 12.1. The Balaban J connectivity index is 1.39. The highest BCUT2D eigenvalue weighted by atomic mass is 15.4. The fourth-order valence-corrected chi connectivity index (χ4v) is 5.01. The second-order valence-corrected chi connectivity index (χ2v) is 6.52. The highest BCUT2D eigenvalue weighted by molar-refractivity contribution is 5.06. The number of nitrogens with one attached hydrogen (secondary N) is 1. The number of aromatic nitrogens is 3. The Kier molecular flexibility index (Phi) is 2.47. The van der Waals surface area contributed by atoms with Crippen molar-refractivity contribution in [1.29, 1.82) is 0 Å². The van der Waals surface area contributed by atoms with Gasteiger partial charge in [0.1, 0.15) is 0 Å². The maximum atomic E-state index is 4.16. The van der Waals surface area contributed by atoms with Crippen LogP contribution in [0.15, 0.2) is 6.20 Å². The summed E-state index contributed by atoms with van der Waals surface area (Å²) in [6, 6.07) is 0.747. The van der Waals surface area contributed by atoms with Crippen LogP contribution in [-0.4, -0.2) is 21.0 Å². The van der Waals surface area contributed by atoms with Gasteiger partial charge < -0.3 is 5.32 Å². The number of fused-ring (bicyclic) bond motifs is 5. The van der Waals surface area contributed by atoms with Gasteiger partial charge in [0.2, 0.25) is 0 Å². The van der Waals surface area contributed by atoms with Crippen LogP contribution in [0, 0.1) is 23.7 Å². The molecule has 0 aliphatic heterocycles. The molecule has 98 valence electrons. The first kappa shape index (κ1) is 11.0. The first-order chi connectivity index (χ1) is 8.81. The zero-order valence-corrected chi connectivity index (χ0v) is 11.0. The number of rotatable bonds is 3. The van der Waals surface area contributed by atoms with Crippen LogP contribution in [0.1, 0.15) is 37.8 Å².